The van der Waals surface area contributed by atoms with Gasteiger partial charge < -0.3 is 15.0 Å². The lowest BCUT2D eigenvalue weighted by molar-refractivity contribution is 0.237. The third-order valence-corrected chi connectivity index (χ3v) is 6.58. The molecule has 6 nitrogen and oxygen atoms in total. The van der Waals surface area contributed by atoms with Crippen LogP contribution in [0.1, 0.15) is 35.1 Å². The molecule has 0 spiro atoms. The summed E-state index contributed by atoms with van der Waals surface area (Å²) in [6.07, 6.45) is 11.9. The third-order valence-electron chi connectivity index (χ3n) is 6.58. The first-order chi connectivity index (χ1) is 17.2. The molecule has 0 amide bonds. The van der Waals surface area contributed by atoms with Gasteiger partial charge in [-0.25, -0.2) is 0 Å². The topological polar surface area (TPSA) is 77.0 Å². The lowest BCUT2D eigenvalue weighted by atomic mass is 10.1. The van der Waals surface area contributed by atoms with Gasteiger partial charge in [0.05, 0.1) is 11.3 Å². The highest BCUT2D eigenvalue weighted by Gasteiger charge is 2.13. The number of likely N-dealkylation sites (tertiary alicyclic amines) is 1. The second kappa shape index (κ2) is 10.5. The SMILES string of the molecule is Cc1c(Nc2c(C#N)cncc2/C=C/c2ccccc2OCCN2CCCC2)ccc2[nH]ccc12. The summed E-state index contributed by atoms with van der Waals surface area (Å²) in [5.74, 6) is 0.857. The van der Waals surface area contributed by atoms with Crippen molar-refractivity contribution in [1.82, 2.24) is 14.9 Å². The van der Waals surface area contributed by atoms with Crippen LogP contribution in [-0.2, 0) is 0 Å². The Morgan fingerprint density at radius 2 is 1.91 bits per heavy atom. The molecular weight excluding hydrogens is 434 g/mol. The number of anilines is 2. The number of benzene rings is 2. The number of hydrogen-bond donors (Lipinski definition) is 2. The van der Waals surface area contributed by atoms with E-state index in [1.165, 1.54) is 25.9 Å². The van der Waals surface area contributed by atoms with E-state index in [2.05, 4.69) is 39.2 Å². The lowest BCUT2D eigenvalue weighted by Gasteiger charge is -2.16. The molecule has 3 heterocycles. The van der Waals surface area contributed by atoms with E-state index >= 15 is 0 Å². The van der Waals surface area contributed by atoms with Gasteiger partial charge in [0.25, 0.3) is 0 Å². The van der Waals surface area contributed by atoms with Crippen molar-refractivity contribution in [2.45, 2.75) is 19.8 Å². The number of aromatic nitrogens is 2. The number of nitrogens with one attached hydrogen (secondary N) is 2. The minimum absolute atomic E-state index is 0.496. The molecule has 176 valence electrons. The van der Waals surface area contributed by atoms with Crippen molar-refractivity contribution >= 4 is 34.4 Å². The summed E-state index contributed by atoms with van der Waals surface area (Å²) in [5, 5.41) is 14.4. The molecule has 1 fully saturated rings. The number of hydrogen-bond acceptors (Lipinski definition) is 5. The van der Waals surface area contributed by atoms with E-state index in [1.54, 1.807) is 12.4 Å². The van der Waals surface area contributed by atoms with E-state index in [0.29, 0.717) is 12.2 Å². The first kappa shape index (κ1) is 22.7. The zero-order chi connectivity index (χ0) is 24.0. The van der Waals surface area contributed by atoms with Crippen LogP contribution in [0.25, 0.3) is 23.1 Å². The van der Waals surface area contributed by atoms with Crippen LogP contribution in [0.3, 0.4) is 0 Å². The maximum Gasteiger partial charge on any atom is 0.126 e. The van der Waals surface area contributed by atoms with Crippen molar-refractivity contribution in [2.75, 3.05) is 31.6 Å². The molecule has 35 heavy (non-hydrogen) atoms. The Balaban J connectivity index is 1.39. The number of aromatic amines is 1. The molecule has 1 aliphatic heterocycles. The van der Waals surface area contributed by atoms with Gasteiger partial charge in [0.15, 0.2) is 0 Å². The van der Waals surface area contributed by atoms with Crippen LogP contribution in [0, 0.1) is 18.3 Å². The van der Waals surface area contributed by atoms with Gasteiger partial charge in [-0.3, -0.25) is 9.88 Å². The van der Waals surface area contributed by atoms with E-state index in [4.69, 9.17) is 4.74 Å². The van der Waals surface area contributed by atoms with E-state index in [-0.39, 0.29) is 0 Å². The second-order valence-electron chi connectivity index (χ2n) is 8.83. The van der Waals surface area contributed by atoms with Crippen molar-refractivity contribution < 1.29 is 4.74 Å². The number of ether oxygens (including phenoxy) is 1. The van der Waals surface area contributed by atoms with Crippen molar-refractivity contribution in [2.24, 2.45) is 0 Å². The van der Waals surface area contributed by atoms with E-state index in [0.717, 1.165) is 51.3 Å². The fraction of sp³-hybridized carbons (Fsp3) is 0.241. The summed E-state index contributed by atoms with van der Waals surface area (Å²) in [7, 11) is 0. The van der Waals surface area contributed by atoms with Crippen LogP contribution in [0.4, 0.5) is 11.4 Å². The lowest BCUT2D eigenvalue weighted by Crippen LogP contribution is -2.25. The van der Waals surface area contributed by atoms with E-state index in [1.807, 2.05) is 54.7 Å². The Morgan fingerprint density at radius 1 is 1.09 bits per heavy atom. The van der Waals surface area contributed by atoms with Gasteiger partial charge >= 0.3 is 0 Å². The monoisotopic (exact) mass is 463 g/mol. The fourth-order valence-corrected chi connectivity index (χ4v) is 4.60. The van der Waals surface area contributed by atoms with Gasteiger partial charge in [0, 0.05) is 52.9 Å². The normalized spacial score (nSPS) is 13.9. The summed E-state index contributed by atoms with van der Waals surface area (Å²) in [4.78, 5) is 9.98. The average Bonchev–Trinajstić information content (AvgIpc) is 3.58. The molecule has 0 unspecified atom stereocenters. The van der Waals surface area contributed by atoms with Gasteiger partial charge in [0.1, 0.15) is 18.4 Å². The minimum Gasteiger partial charge on any atom is -0.492 e. The predicted molar refractivity (Wildman–Crippen MR) is 142 cm³/mol. The molecule has 0 atom stereocenters. The van der Waals surface area contributed by atoms with Crippen LogP contribution in [0.2, 0.25) is 0 Å². The molecule has 0 bridgehead atoms. The van der Waals surface area contributed by atoms with Gasteiger partial charge in [-0.2, -0.15) is 5.26 Å². The summed E-state index contributed by atoms with van der Waals surface area (Å²) < 4.78 is 6.13. The van der Waals surface area contributed by atoms with Gasteiger partial charge in [-0.05, 0) is 62.7 Å². The van der Waals surface area contributed by atoms with Crippen LogP contribution < -0.4 is 10.1 Å². The van der Waals surface area contributed by atoms with Gasteiger partial charge in [-0.1, -0.05) is 30.4 Å². The molecule has 2 aromatic heterocycles. The molecule has 2 aromatic carbocycles. The number of fused-ring (bicyclic) bond motifs is 1. The molecular formula is C29H29N5O. The first-order valence-electron chi connectivity index (χ1n) is 12.1. The van der Waals surface area contributed by atoms with Gasteiger partial charge in [0.2, 0.25) is 0 Å². The molecule has 2 N–H and O–H groups in total. The Kier molecular flexibility index (Phi) is 6.78. The summed E-state index contributed by atoms with van der Waals surface area (Å²) in [6, 6.07) is 16.5. The first-order valence-corrected chi connectivity index (χ1v) is 12.1. The zero-order valence-corrected chi connectivity index (χ0v) is 19.9. The van der Waals surface area contributed by atoms with Gasteiger partial charge in [-0.15, -0.1) is 0 Å². The van der Waals surface area contributed by atoms with Crippen LogP contribution >= 0.6 is 0 Å². The molecule has 0 radical (unpaired) electrons. The number of pyridine rings is 1. The molecule has 0 saturated carbocycles. The van der Waals surface area contributed by atoms with Crippen LogP contribution in [0.5, 0.6) is 5.75 Å². The molecule has 4 aromatic rings. The highest BCUT2D eigenvalue weighted by Crippen LogP contribution is 2.31. The van der Waals surface area contributed by atoms with E-state index < -0.39 is 0 Å². The van der Waals surface area contributed by atoms with Crippen molar-refractivity contribution in [3.63, 3.8) is 0 Å². The quantitative estimate of drug-likeness (QED) is 0.329. The number of aryl methyl sites for hydroxylation is 1. The largest absolute Gasteiger partial charge is 0.492 e. The highest BCUT2D eigenvalue weighted by molar-refractivity contribution is 5.90. The number of H-pyrrole nitrogens is 1. The minimum atomic E-state index is 0.496. The highest BCUT2D eigenvalue weighted by atomic mass is 16.5. The van der Waals surface area contributed by atoms with Crippen molar-refractivity contribution in [3.8, 4) is 11.8 Å². The number of nitrogens with zero attached hydrogens (tertiary/aromatic N) is 3. The number of para-hydroxylation sites is 1. The zero-order valence-electron chi connectivity index (χ0n) is 19.9. The smallest absolute Gasteiger partial charge is 0.126 e. The number of nitriles is 1. The van der Waals surface area contributed by atoms with Crippen molar-refractivity contribution in [3.05, 3.63) is 83.3 Å². The summed E-state index contributed by atoms with van der Waals surface area (Å²) in [5.41, 5.74) is 6.23. The van der Waals surface area contributed by atoms with Crippen LogP contribution in [0.15, 0.2) is 61.1 Å². The molecule has 5 rings (SSSR count). The number of rotatable bonds is 8. The van der Waals surface area contributed by atoms with Crippen molar-refractivity contribution in [1.29, 1.82) is 5.26 Å². The molecule has 1 aliphatic rings. The fourth-order valence-electron chi connectivity index (χ4n) is 4.60. The summed E-state index contributed by atoms with van der Waals surface area (Å²) in [6.45, 7) is 6.03. The molecule has 1 saturated heterocycles. The predicted octanol–water partition coefficient (Wildman–Crippen LogP) is 6.13. The maximum absolute atomic E-state index is 9.76. The van der Waals surface area contributed by atoms with Crippen LogP contribution in [-0.4, -0.2) is 41.1 Å². The Morgan fingerprint density at radius 3 is 2.77 bits per heavy atom. The second-order valence-corrected chi connectivity index (χ2v) is 8.83. The Labute approximate surface area is 205 Å². The standard InChI is InChI=1S/C29H29N5O/c1-21-25-12-13-32-27(25)11-10-26(21)33-29-23(19-31-20-24(29)18-30)9-8-22-6-2-3-7-28(22)35-17-16-34-14-4-5-15-34/h2-3,6-13,19-20,32H,4-5,14-17H2,1H3,(H,31,33)/b9-8+. The average molecular weight is 464 g/mol. The molecule has 0 aliphatic carbocycles. The van der Waals surface area contributed by atoms with E-state index in [9.17, 15) is 5.26 Å². The molecule has 6 heteroatoms. The third kappa shape index (κ3) is 5.06. The Hall–Kier alpha value is -4.08. The Bertz CT molecular complexity index is 1390. The maximum atomic E-state index is 9.76. The summed E-state index contributed by atoms with van der Waals surface area (Å²) >= 11 is 0.